The maximum absolute atomic E-state index is 12.5. The highest BCUT2D eigenvalue weighted by atomic mass is 35.5. The van der Waals surface area contributed by atoms with E-state index in [2.05, 4.69) is 20.9 Å². The van der Waals surface area contributed by atoms with Gasteiger partial charge in [-0.25, -0.2) is 4.68 Å². The summed E-state index contributed by atoms with van der Waals surface area (Å²) in [7, 11) is 0. The Morgan fingerprint density at radius 2 is 1.91 bits per heavy atom. The molecule has 4 rings (SSSR count). The van der Waals surface area contributed by atoms with Gasteiger partial charge in [0.15, 0.2) is 5.69 Å². The third-order valence-electron chi connectivity index (χ3n) is 5.22. The molecule has 1 saturated carbocycles. The molecule has 0 unspecified atom stereocenters. The summed E-state index contributed by atoms with van der Waals surface area (Å²) in [6.07, 6.45) is 1.96. The van der Waals surface area contributed by atoms with Gasteiger partial charge in [0.05, 0.1) is 5.69 Å². The van der Waals surface area contributed by atoms with Crippen molar-refractivity contribution in [2.45, 2.75) is 32.7 Å². The average molecular weight is 484 g/mol. The quantitative estimate of drug-likeness (QED) is 0.428. The van der Waals surface area contributed by atoms with Crippen LogP contribution in [0, 0.1) is 6.92 Å². The van der Waals surface area contributed by atoms with E-state index in [0.29, 0.717) is 40.0 Å². The molecule has 2 aromatic carbocycles. The van der Waals surface area contributed by atoms with Crippen LogP contribution in [0.25, 0.3) is 5.69 Å². The van der Waals surface area contributed by atoms with E-state index < -0.39 is 0 Å². The zero-order valence-electron chi connectivity index (χ0n) is 19.0. The number of ether oxygens (including phenoxy) is 2. The molecule has 0 atom stereocenters. The van der Waals surface area contributed by atoms with Crippen molar-refractivity contribution in [3.63, 3.8) is 0 Å². The monoisotopic (exact) mass is 483 g/mol. The molecule has 0 bridgehead atoms. The smallest absolute Gasteiger partial charge is 0.273 e. The first-order valence-corrected chi connectivity index (χ1v) is 11.5. The Balaban J connectivity index is 1.54. The van der Waals surface area contributed by atoms with E-state index >= 15 is 0 Å². The molecule has 0 aliphatic heterocycles. The molecular formula is C24H26ClN5O4. The van der Waals surface area contributed by atoms with Crippen molar-refractivity contribution >= 4 is 23.4 Å². The van der Waals surface area contributed by atoms with Crippen molar-refractivity contribution in [1.29, 1.82) is 0 Å². The number of aromatic nitrogens is 3. The van der Waals surface area contributed by atoms with Crippen LogP contribution in [0.5, 0.6) is 11.5 Å². The van der Waals surface area contributed by atoms with E-state index in [1.165, 1.54) is 4.68 Å². The number of rotatable bonds is 10. The molecule has 0 spiro atoms. The number of benzene rings is 2. The standard InChI is InChI=1S/C24H26ClN5O4/c1-3-26-23(31)16-7-10-20(30-15(2)22(28-29-30)24(32)27-18-8-9-18)21(13-16)34-12-11-33-19-6-4-5-17(25)14-19/h4-7,10,13-14,18H,3,8-9,11-12H2,1-2H3,(H,26,31)(H,27,32). The Morgan fingerprint density at radius 3 is 2.65 bits per heavy atom. The number of carbonyl (C=O) groups is 2. The Bertz CT molecular complexity index is 1190. The highest BCUT2D eigenvalue weighted by Gasteiger charge is 2.27. The van der Waals surface area contributed by atoms with Gasteiger partial charge in [0, 0.05) is 23.2 Å². The van der Waals surface area contributed by atoms with Crippen LogP contribution >= 0.6 is 11.6 Å². The van der Waals surface area contributed by atoms with Crippen molar-refractivity contribution in [3.8, 4) is 17.2 Å². The lowest BCUT2D eigenvalue weighted by Crippen LogP contribution is -2.26. The number of hydrogen-bond acceptors (Lipinski definition) is 6. The first-order chi connectivity index (χ1) is 16.5. The third kappa shape index (κ3) is 5.66. The number of halogens is 1. The van der Waals surface area contributed by atoms with Crippen LogP contribution in [-0.2, 0) is 0 Å². The maximum atomic E-state index is 12.5. The van der Waals surface area contributed by atoms with Gasteiger partial charge in [-0.05, 0) is 63.1 Å². The molecule has 9 nitrogen and oxygen atoms in total. The lowest BCUT2D eigenvalue weighted by Gasteiger charge is -2.14. The second-order valence-electron chi connectivity index (χ2n) is 7.88. The second-order valence-corrected chi connectivity index (χ2v) is 8.32. The van der Waals surface area contributed by atoms with E-state index in [0.717, 1.165) is 12.8 Å². The van der Waals surface area contributed by atoms with Crippen molar-refractivity contribution in [1.82, 2.24) is 25.6 Å². The summed E-state index contributed by atoms with van der Waals surface area (Å²) in [5.41, 5.74) is 1.84. The number of nitrogens with one attached hydrogen (secondary N) is 2. The van der Waals surface area contributed by atoms with Crippen LogP contribution in [0.4, 0.5) is 0 Å². The van der Waals surface area contributed by atoms with Crippen molar-refractivity contribution < 1.29 is 19.1 Å². The van der Waals surface area contributed by atoms with E-state index in [1.807, 2.05) is 6.92 Å². The maximum Gasteiger partial charge on any atom is 0.273 e. The molecule has 0 saturated heterocycles. The van der Waals surface area contributed by atoms with Crippen LogP contribution in [-0.4, -0.2) is 52.6 Å². The molecule has 2 N–H and O–H groups in total. The SMILES string of the molecule is CCNC(=O)c1ccc(-n2nnc(C(=O)NC3CC3)c2C)c(OCCOc2cccc(Cl)c2)c1. The third-order valence-corrected chi connectivity index (χ3v) is 5.45. The molecule has 10 heteroatoms. The minimum atomic E-state index is -0.248. The van der Waals surface area contributed by atoms with Crippen molar-refractivity contribution in [3.05, 3.63) is 64.4 Å². The highest BCUT2D eigenvalue weighted by Crippen LogP contribution is 2.27. The number of amides is 2. The van der Waals surface area contributed by atoms with Crippen LogP contribution in [0.15, 0.2) is 42.5 Å². The first kappa shape index (κ1) is 23.6. The van der Waals surface area contributed by atoms with Gasteiger partial charge in [0.25, 0.3) is 11.8 Å². The van der Waals surface area contributed by atoms with Crippen LogP contribution in [0.2, 0.25) is 5.02 Å². The van der Waals surface area contributed by atoms with Gasteiger partial charge in [-0.2, -0.15) is 0 Å². The minimum Gasteiger partial charge on any atom is -0.490 e. The molecule has 1 fully saturated rings. The predicted octanol–water partition coefficient (Wildman–Crippen LogP) is 3.33. The lowest BCUT2D eigenvalue weighted by atomic mass is 10.1. The predicted molar refractivity (Wildman–Crippen MR) is 127 cm³/mol. The Labute approximate surface area is 202 Å². The van der Waals surface area contributed by atoms with Crippen LogP contribution in [0.3, 0.4) is 0 Å². The highest BCUT2D eigenvalue weighted by molar-refractivity contribution is 6.30. The summed E-state index contributed by atoms with van der Waals surface area (Å²) in [5.74, 6) is 0.586. The zero-order valence-corrected chi connectivity index (χ0v) is 19.8. The minimum absolute atomic E-state index is 0.209. The topological polar surface area (TPSA) is 107 Å². The molecular weight excluding hydrogens is 458 g/mol. The van der Waals surface area contributed by atoms with Gasteiger partial charge in [-0.15, -0.1) is 5.10 Å². The lowest BCUT2D eigenvalue weighted by molar-refractivity contribution is 0.0940. The number of nitrogens with zero attached hydrogens (tertiary/aromatic N) is 3. The Kier molecular flexibility index (Phi) is 7.32. The van der Waals surface area contributed by atoms with E-state index in [9.17, 15) is 9.59 Å². The number of hydrogen-bond donors (Lipinski definition) is 2. The molecule has 3 aromatic rings. The summed E-state index contributed by atoms with van der Waals surface area (Å²) in [5, 5.41) is 14.5. The van der Waals surface area contributed by atoms with Gasteiger partial charge >= 0.3 is 0 Å². The first-order valence-electron chi connectivity index (χ1n) is 11.1. The fraction of sp³-hybridized carbons (Fsp3) is 0.333. The van der Waals surface area contributed by atoms with Gasteiger partial charge in [-0.3, -0.25) is 9.59 Å². The zero-order chi connectivity index (χ0) is 24.1. The molecule has 178 valence electrons. The second kappa shape index (κ2) is 10.6. The van der Waals surface area contributed by atoms with Crippen LogP contribution < -0.4 is 20.1 Å². The average Bonchev–Trinajstić information content (AvgIpc) is 3.55. The largest absolute Gasteiger partial charge is 0.490 e. The van der Waals surface area contributed by atoms with E-state index in [-0.39, 0.29) is 36.8 Å². The summed E-state index contributed by atoms with van der Waals surface area (Å²) < 4.78 is 13.2. The molecule has 1 aliphatic rings. The molecule has 1 aliphatic carbocycles. The summed E-state index contributed by atoms with van der Waals surface area (Å²) in [4.78, 5) is 24.9. The summed E-state index contributed by atoms with van der Waals surface area (Å²) >= 11 is 5.99. The fourth-order valence-electron chi connectivity index (χ4n) is 3.33. The van der Waals surface area contributed by atoms with E-state index in [1.54, 1.807) is 49.4 Å². The van der Waals surface area contributed by atoms with Gasteiger partial charge in [0.2, 0.25) is 0 Å². The molecule has 1 heterocycles. The van der Waals surface area contributed by atoms with Crippen molar-refractivity contribution in [2.24, 2.45) is 0 Å². The fourth-order valence-corrected chi connectivity index (χ4v) is 3.51. The normalized spacial score (nSPS) is 12.8. The Hall–Kier alpha value is -3.59. The van der Waals surface area contributed by atoms with Crippen LogP contribution in [0.1, 0.15) is 46.3 Å². The molecule has 0 radical (unpaired) electrons. The van der Waals surface area contributed by atoms with Gasteiger partial charge in [0.1, 0.15) is 30.4 Å². The van der Waals surface area contributed by atoms with Gasteiger partial charge < -0.3 is 20.1 Å². The van der Waals surface area contributed by atoms with Gasteiger partial charge in [-0.1, -0.05) is 22.9 Å². The number of carbonyl (C=O) groups excluding carboxylic acids is 2. The summed E-state index contributed by atoms with van der Waals surface area (Å²) in [6, 6.07) is 12.4. The Morgan fingerprint density at radius 1 is 1.12 bits per heavy atom. The molecule has 1 aromatic heterocycles. The van der Waals surface area contributed by atoms with E-state index in [4.69, 9.17) is 21.1 Å². The molecule has 2 amide bonds. The summed E-state index contributed by atoms with van der Waals surface area (Å²) in [6.45, 7) is 4.60. The molecule has 34 heavy (non-hydrogen) atoms. The van der Waals surface area contributed by atoms with Crippen molar-refractivity contribution in [2.75, 3.05) is 19.8 Å².